The fourth-order valence-corrected chi connectivity index (χ4v) is 3.01. The van der Waals surface area contributed by atoms with Crippen molar-refractivity contribution in [2.75, 3.05) is 7.11 Å². The molecular formula is C17H26O3. The Balaban J connectivity index is 1.95. The maximum absolute atomic E-state index is 9.23. The minimum absolute atomic E-state index is 0.0539. The second-order valence-corrected chi connectivity index (χ2v) is 5.68. The topological polar surface area (TPSA) is 38.7 Å². The van der Waals surface area contributed by atoms with Gasteiger partial charge in [0.05, 0.1) is 26.4 Å². The van der Waals surface area contributed by atoms with E-state index < -0.39 is 0 Å². The lowest BCUT2D eigenvalue weighted by Gasteiger charge is -2.28. The van der Waals surface area contributed by atoms with E-state index in [2.05, 4.69) is 6.92 Å². The summed E-state index contributed by atoms with van der Waals surface area (Å²) in [6.07, 6.45) is 6.59. The summed E-state index contributed by atoms with van der Waals surface area (Å²) in [6, 6.07) is 5.76. The summed E-state index contributed by atoms with van der Waals surface area (Å²) in [7, 11) is 1.67. The molecule has 112 valence electrons. The first kappa shape index (κ1) is 15.3. The van der Waals surface area contributed by atoms with Gasteiger partial charge in [0.25, 0.3) is 0 Å². The average molecular weight is 278 g/mol. The standard InChI is InChI=1S/C17H26O3/c1-3-13-5-4-6-16(10-13)20-12-15-9-14(11-18)7-8-17(15)19-2/h7-9,13,16,18H,3-6,10-12H2,1-2H3. The van der Waals surface area contributed by atoms with Crippen LogP contribution in [0.2, 0.25) is 0 Å². The van der Waals surface area contributed by atoms with Gasteiger partial charge in [0, 0.05) is 5.56 Å². The zero-order chi connectivity index (χ0) is 14.4. The quantitative estimate of drug-likeness (QED) is 0.863. The van der Waals surface area contributed by atoms with E-state index in [1.807, 2.05) is 18.2 Å². The number of hydrogen-bond acceptors (Lipinski definition) is 3. The number of hydrogen-bond donors (Lipinski definition) is 1. The molecule has 0 aliphatic heterocycles. The molecule has 1 aliphatic rings. The molecule has 2 atom stereocenters. The maximum atomic E-state index is 9.23. The van der Waals surface area contributed by atoms with Gasteiger partial charge >= 0.3 is 0 Å². The lowest BCUT2D eigenvalue weighted by molar-refractivity contribution is 0.00103. The van der Waals surface area contributed by atoms with Crippen LogP contribution in [0.4, 0.5) is 0 Å². The molecule has 1 aromatic rings. The van der Waals surface area contributed by atoms with E-state index in [1.54, 1.807) is 7.11 Å². The van der Waals surface area contributed by atoms with Crippen molar-refractivity contribution in [2.24, 2.45) is 5.92 Å². The molecule has 2 unspecified atom stereocenters. The highest BCUT2D eigenvalue weighted by Gasteiger charge is 2.21. The fourth-order valence-electron chi connectivity index (χ4n) is 3.01. The molecule has 0 saturated heterocycles. The Hall–Kier alpha value is -1.06. The first-order valence-electron chi connectivity index (χ1n) is 7.65. The van der Waals surface area contributed by atoms with Gasteiger partial charge in [-0.25, -0.2) is 0 Å². The zero-order valence-electron chi connectivity index (χ0n) is 12.6. The lowest BCUT2D eigenvalue weighted by Crippen LogP contribution is -2.22. The summed E-state index contributed by atoms with van der Waals surface area (Å²) in [5, 5.41) is 9.23. The third-order valence-corrected chi connectivity index (χ3v) is 4.31. The monoisotopic (exact) mass is 278 g/mol. The van der Waals surface area contributed by atoms with Gasteiger partial charge in [-0.2, -0.15) is 0 Å². The van der Waals surface area contributed by atoms with E-state index in [4.69, 9.17) is 9.47 Å². The van der Waals surface area contributed by atoms with Crippen molar-refractivity contribution < 1.29 is 14.6 Å². The van der Waals surface area contributed by atoms with Crippen LogP contribution in [0.5, 0.6) is 5.75 Å². The van der Waals surface area contributed by atoms with Crippen molar-refractivity contribution in [2.45, 2.75) is 58.3 Å². The Bertz CT molecular complexity index is 417. The number of benzene rings is 1. The highest BCUT2D eigenvalue weighted by atomic mass is 16.5. The van der Waals surface area contributed by atoms with Gasteiger partial charge in [-0.1, -0.05) is 32.3 Å². The van der Waals surface area contributed by atoms with Crippen LogP contribution in [0.25, 0.3) is 0 Å². The van der Waals surface area contributed by atoms with E-state index in [1.165, 1.54) is 32.1 Å². The lowest BCUT2D eigenvalue weighted by atomic mass is 9.85. The van der Waals surface area contributed by atoms with Gasteiger partial charge in [-0.15, -0.1) is 0 Å². The Morgan fingerprint density at radius 3 is 2.85 bits per heavy atom. The number of methoxy groups -OCH3 is 1. The molecule has 0 radical (unpaired) electrons. The van der Waals surface area contributed by atoms with Gasteiger partial charge in [0.1, 0.15) is 5.75 Å². The summed E-state index contributed by atoms with van der Waals surface area (Å²) in [6.45, 7) is 2.89. The first-order valence-corrected chi connectivity index (χ1v) is 7.65. The van der Waals surface area contributed by atoms with Crippen LogP contribution in [0.15, 0.2) is 18.2 Å². The third-order valence-electron chi connectivity index (χ3n) is 4.31. The molecule has 0 amide bonds. The largest absolute Gasteiger partial charge is 0.496 e. The van der Waals surface area contributed by atoms with Crippen molar-refractivity contribution in [3.8, 4) is 5.75 Å². The predicted octanol–water partition coefficient (Wildman–Crippen LogP) is 3.67. The van der Waals surface area contributed by atoms with Crippen molar-refractivity contribution in [1.29, 1.82) is 0 Å². The molecule has 1 aromatic carbocycles. The van der Waals surface area contributed by atoms with Crippen molar-refractivity contribution >= 4 is 0 Å². The van der Waals surface area contributed by atoms with Crippen molar-refractivity contribution in [1.82, 2.24) is 0 Å². The molecular weight excluding hydrogens is 252 g/mol. The minimum Gasteiger partial charge on any atom is -0.496 e. The molecule has 20 heavy (non-hydrogen) atoms. The molecule has 0 bridgehead atoms. The SMILES string of the molecule is CCC1CCCC(OCc2cc(CO)ccc2OC)C1. The van der Waals surface area contributed by atoms with Crippen LogP contribution < -0.4 is 4.74 Å². The van der Waals surface area contributed by atoms with Gasteiger partial charge in [0.15, 0.2) is 0 Å². The van der Waals surface area contributed by atoms with Gasteiger partial charge in [-0.3, -0.25) is 0 Å². The van der Waals surface area contributed by atoms with E-state index in [0.29, 0.717) is 12.7 Å². The van der Waals surface area contributed by atoms with E-state index in [-0.39, 0.29) is 6.61 Å². The van der Waals surface area contributed by atoms with E-state index >= 15 is 0 Å². The van der Waals surface area contributed by atoms with Crippen LogP contribution >= 0.6 is 0 Å². The molecule has 0 aromatic heterocycles. The van der Waals surface area contributed by atoms with Gasteiger partial charge < -0.3 is 14.6 Å². The van der Waals surface area contributed by atoms with Crippen LogP contribution in [0, 0.1) is 5.92 Å². The molecule has 1 fully saturated rings. The molecule has 1 N–H and O–H groups in total. The summed E-state index contributed by atoms with van der Waals surface area (Å²) in [5.74, 6) is 1.66. The predicted molar refractivity (Wildman–Crippen MR) is 79.7 cm³/mol. The molecule has 0 heterocycles. The number of rotatable bonds is 6. The molecule has 3 heteroatoms. The highest BCUT2D eigenvalue weighted by molar-refractivity contribution is 5.36. The molecule has 2 rings (SSSR count). The first-order chi connectivity index (χ1) is 9.76. The second kappa shape index (κ2) is 7.65. The van der Waals surface area contributed by atoms with Crippen LogP contribution in [-0.2, 0) is 18.0 Å². The Morgan fingerprint density at radius 1 is 1.30 bits per heavy atom. The van der Waals surface area contributed by atoms with Crippen molar-refractivity contribution in [3.63, 3.8) is 0 Å². The summed E-state index contributed by atoms with van der Waals surface area (Å²) in [5.41, 5.74) is 1.93. The molecule has 1 saturated carbocycles. The highest BCUT2D eigenvalue weighted by Crippen LogP contribution is 2.30. The normalized spacial score (nSPS) is 22.8. The zero-order valence-corrected chi connectivity index (χ0v) is 12.6. The molecule has 3 nitrogen and oxygen atoms in total. The average Bonchev–Trinajstić information content (AvgIpc) is 2.52. The maximum Gasteiger partial charge on any atom is 0.124 e. The van der Waals surface area contributed by atoms with Crippen LogP contribution in [0.3, 0.4) is 0 Å². The molecule has 1 aliphatic carbocycles. The van der Waals surface area contributed by atoms with Crippen molar-refractivity contribution in [3.05, 3.63) is 29.3 Å². The van der Waals surface area contributed by atoms with Gasteiger partial charge in [0.2, 0.25) is 0 Å². The Morgan fingerprint density at radius 2 is 2.15 bits per heavy atom. The summed E-state index contributed by atoms with van der Waals surface area (Å²) in [4.78, 5) is 0. The second-order valence-electron chi connectivity index (χ2n) is 5.68. The van der Waals surface area contributed by atoms with Crippen LogP contribution in [0.1, 0.15) is 50.2 Å². The Kier molecular flexibility index (Phi) is 5.86. The van der Waals surface area contributed by atoms with Crippen LogP contribution in [-0.4, -0.2) is 18.3 Å². The smallest absolute Gasteiger partial charge is 0.124 e. The molecule has 0 spiro atoms. The fraction of sp³-hybridized carbons (Fsp3) is 0.647. The minimum atomic E-state index is 0.0539. The van der Waals surface area contributed by atoms with E-state index in [0.717, 1.165) is 22.8 Å². The number of ether oxygens (including phenoxy) is 2. The Labute approximate surface area is 121 Å². The summed E-state index contributed by atoms with van der Waals surface area (Å²) < 4.78 is 11.4. The van der Waals surface area contributed by atoms with E-state index in [9.17, 15) is 5.11 Å². The number of aliphatic hydroxyl groups excluding tert-OH is 1. The third kappa shape index (κ3) is 3.97. The van der Waals surface area contributed by atoms with Gasteiger partial charge in [-0.05, 0) is 36.5 Å². The summed E-state index contributed by atoms with van der Waals surface area (Å²) >= 11 is 0. The number of aliphatic hydroxyl groups is 1.